The molecule has 80 valence electrons. The number of imidazole rings is 1. The van der Waals surface area contributed by atoms with E-state index in [1.807, 2.05) is 22.7 Å². The average Bonchev–Trinajstić information content (AvgIpc) is 2.89. The molecule has 0 bridgehead atoms. The van der Waals surface area contributed by atoms with Crippen LogP contribution in [0.2, 0.25) is 0 Å². The molecule has 4 aromatic heterocycles. The molecular formula is C13H8N4. The van der Waals surface area contributed by atoms with Gasteiger partial charge in [0.2, 0.25) is 0 Å². The summed E-state index contributed by atoms with van der Waals surface area (Å²) in [5.74, 6) is 0. The van der Waals surface area contributed by atoms with Gasteiger partial charge in [-0.25, -0.2) is 9.97 Å². The lowest BCUT2D eigenvalue weighted by Crippen LogP contribution is -1.93. The molecule has 0 saturated heterocycles. The lowest BCUT2D eigenvalue weighted by atomic mass is 10.1. The van der Waals surface area contributed by atoms with Gasteiger partial charge in [0.15, 0.2) is 5.65 Å². The Bertz CT molecular complexity index is 778. The molecule has 0 aromatic carbocycles. The SMILES string of the molecule is c1cnc2c(c1)c1cccnc1n1ccnc21. The predicted molar refractivity (Wildman–Crippen MR) is 65.8 cm³/mol. The van der Waals surface area contributed by atoms with E-state index in [1.165, 1.54) is 0 Å². The third kappa shape index (κ3) is 1.04. The molecule has 0 amide bonds. The van der Waals surface area contributed by atoms with Crippen molar-refractivity contribution in [3.63, 3.8) is 0 Å². The van der Waals surface area contributed by atoms with E-state index < -0.39 is 0 Å². The molecule has 0 atom stereocenters. The Morgan fingerprint density at radius 2 is 1.53 bits per heavy atom. The number of fused-ring (bicyclic) bond motifs is 6. The monoisotopic (exact) mass is 220 g/mol. The first-order valence-electron chi connectivity index (χ1n) is 5.39. The van der Waals surface area contributed by atoms with Crippen LogP contribution in [-0.4, -0.2) is 19.4 Å². The first kappa shape index (κ1) is 8.64. The first-order valence-corrected chi connectivity index (χ1v) is 5.39. The van der Waals surface area contributed by atoms with Crippen molar-refractivity contribution in [3.05, 3.63) is 49.1 Å². The van der Waals surface area contributed by atoms with Crippen LogP contribution in [0, 0.1) is 0 Å². The molecule has 0 radical (unpaired) electrons. The van der Waals surface area contributed by atoms with Crippen molar-refractivity contribution >= 4 is 27.6 Å². The van der Waals surface area contributed by atoms with Gasteiger partial charge in [0, 0.05) is 35.6 Å². The lowest BCUT2D eigenvalue weighted by molar-refractivity contribution is 1.19. The van der Waals surface area contributed by atoms with E-state index in [-0.39, 0.29) is 0 Å². The molecule has 0 unspecified atom stereocenters. The fourth-order valence-electron chi connectivity index (χ4n) is 2.25. The second kappa shape index (κ2) is 3.01. The Morgan fingerprint density at radius 3 is 2.47 bits per heavy atom. The third-order valence-corrected chi connectivity index (χ3v) is 2.97. The molecule has 4 nitrogen and oxygen atoms in total. The normalized spacial score (nSPS) is 11.5. The van der Waals surface area contributed by atoms with Crippen LogP contribution in [-0.2, 0) is 0 Å². The third-order valence-electron chi connectivity index (χ3n) is 2.97. The molecule has 4 aromatic rings. The van der Waals surface area contributed by atoms with E-state index in [0.717, 1.165) is 27.6 Å². The van der Waals surface area contributed by atoms with Gasteiger partial charge in [0.25, 0.3) is 0 Å². The van der Waals surface area contributed by atoms with Gasteiger partial charge >= 0.3 is 0 Å². The van der Waals surface area contributed by atoms with E-state index in [1.54, 1.807) is 18.6 Å². The maximum atomic E-state index is 4.43. The Labute approximate surface area is 96.6 Å². The minimum Gasteiger partial charge on any atom is -0.282 e. The fraction of sp³-hybridized carbons (Fsp3) is 0. The molecule has 0 aliphatic rings. The molecule has 0 spiro atoms. The van der Waals surface area contributed by atoms with Gasteiger partial charge < -0.3 is 0 Å². The fourth-order valence-corrected chi connectivity index (χ4v) is 2.25. The van der Waals surface area contributed by atoms with Gasteiger partial charge in [0.1, 0.15) is 11.2 Å². The van der Waals surface area contributed by atoms with Crippen LogP contribution in [0.5, 0.6) is 0 Å². The van der Waals surface area contributed by atoms with Gasteiger partial charge in [-0.3, -0.25) is 9.38 Å². The molecule has 0 aliphatic carbocycles. The van der Waals surface area contributed by atoms with E-state index in [0.29, 0.717) is 0 Å². The summed E-state index contributed by atoms with van der Waals surface area (Å²) in [7, 11) is 0. The highest BCUT2D eigenvalue weighted by Crippen LogP contribution is 2.25. The first-order chi connectivity index (χ1) is 8.45. The molecular weight excluding hydrogens is 212 g/mol. The van der Waals surface area contributed by atoms with Crippen molar-refractivity contribution in [2.45, 2.75) is 0 Å². The highest BCUT2D eigenvalue weighted by atomic mass is 15.0. The Balaban J connectivity index is 2.48. The number of hydrogen-bond acceptors (Lipinski definition) is 3. The zero-order valence-electron chi connectivity index (χ0n) is 8.91. The van der Waals surface area contributed by atoms with Crippen molar-refractivity contribution < 1.29 is 0 Å². The van der Waals surface area contributed by atoms with Crippen LogP contribution in [0.4, 0.5) is 0 Å². The summed E-state index contributed by atoms with van der Waals surface area (Å²) < 4.78 is 1.98. The van der Waals surface area contributed by atoms with Crippen LogP contribution in [0.1, 0.15) is 0 Å². The topological polar surface area (TPSA) is 43.1 Å². The average molecular weight is 220 g/mol. The summed E-state index contributed by atoms with van der Waals surface area (Å²) in [6.45, 7) is 0. The van der Waals surface area contributed by atoms with Crippen LogP contribution in [0.15, 0.2) is 49.1 Å². The van der Waals surface area contributed by atoms with Crippen LogP contribution < -0.4 is 0 Å². The Hall–Kier alpha value is -2.49. The minimum atomic E-state index is 0.854. The maximum absolute atomic E-state index is 4.43. The lowest BCUT2D eigenvalue weighted by Gasteiger charge is -2.05. The number of hydrogen-bond donors (Lipinski definition) is 0. The smallest absolute Gasteiger partial charge is 0.165 e. The summed E-state index contributed by atoms with van der Waals surface area (Å²) >= 11 is 0. The number of pyridine rings is 3. The van der Waals surface area contributed by atoms with E-state index in [9.17, 15) is 0 Å². The van der Waals surface area contributed by atoms with Crippen molar-refractivity contribution in [1.29, 1.82) is 0 Å². The maximum Gasteiger partial charge on any atom is 0.165 e. The van der Waals surface area contributed by atoms with Gasteiger partial charge in [0.05, 0.1) is 0 Å². The summed E-state index contributed by atoms with van der Waals surface area (Å²) in [5, 5.41) is 2.19. The molecule has 4 heteroatoms. The van der Waals surface area contributed by atoms with E-state index in [4.69, 9.17) is 0 Å². The zero-order valence-corrected chi connectivity index (χ0v) is 8.91. The van der Waals surface area contributed by atoms with Crippen molar-refractivity contribution in [2.24, 2.45) is 0 Å². The predicted octanol–water partition coefficient (Wildman–Crippen LogP) is 2.43. The highest BCUT2D eigenvalue weighted by molar-refractivity contribution is 6.08. The highest BCUT2D eigenvalue weighted by Gasteiger charge is 2.09. The summed E-state index contributed by atoms with van der Waals surface area (Å²) in [4.78, 5) is 13.2. The Morgan fingerprint density at radius 1 is 0.765 bits per heavy atom. The van der Waals surface area contributed by atoms with Crippen molar-refractivity contribution in [1.82, 2.24) is 19.4 Å². The van der Waals surface area contributed by atoms with Crippen LogP contribution in [0.3, 0.4) is 0 Å². The molecule has 0 N–H and O–H groups in total. The number of aromatic nitrogens is 4. The summed E-state index contributed by atoms with van der Waals surface area (Å²) in [6, 6.07) is 8.00. The quantitative estimate of drug-likeness (QED) is 0.427. The zero-order chi connectivity index (χ0) is 11.2. The van der Waals surface area contributed by atoms with Gasteiger partial charge in [-0.15, -0.1) is 0 Å². The molecule has 4 rings (SSSR count). The standard InChI is InChI=1S/C13H8N4/c1-3-9-10-4-2-6-15-12(10)17-8-7-16-13(17)11(9)14-5-1/h1-8H. The molecule has 0 saturated carbocycles. The van der Waals surface area contributed by atoms with Crippen molar-refractivity contribution in [2.75, 3.05) is 0 Å². The van der Waals surface area contributed by atoms with Crippen LogP contribution >= 0.6 is 0 Å². The Kier molecular flexibility index (Phi) is 1.53. The summed E-state index contributed by atoms with van der Waals surface area (Å²) in [5.41, 5.74) is 2.69. The summed E-state index contributed by atoms with van der Waals surface area (Å²) in [6.07, 6.45) is 7.28. The van der Waals surface area contributed by atoms with Crippen LogP contribution in [0.25, 0.3) is 27.6 Å². The molecule has 4 heterocycles. The van der Waals surface area contributed by atoms with E-state index >= 15 is 0 Å². The minimum absolute atomic E-state index is 0.854. The van der Waals surface area contributed by atoms with Crippen molar-refractivity contribution in [3.8, 4) is 0 Å². The number of rotatable bonds is 0. The van der Waals surface area contributed by atoms with Gasteiger partial charge in [-0.05, 0) is 18.2 Å². The van der Waals surface area contributed by atoms with Gasteiger partial charge in [-0.2, -0.15) is 0 Å². The number of nitrogens with zero attached hydrogens (tertiary/aromatic N) is 4. The molecule has 0 aliphatic heterocycles. The second-order valence-corrected chi connectivity index (χ2v) is 3.89. The van der Waals surface area contributed by atoms with E-state index in [2.05, 4.69) is 27.1 Å². The largest absolute Gasteiger partial charge is 0.282 e. The second-order valence-electron chi connectivity index (χ2n) is 3.89. The molecule has 0 fully saturated rings. The van der Waals surface area contributed by atoms with Gasteiger partial charge in [-0.1, -0.05) is 6.07 Å². The molecule has 17 heavy (non-hydrogen) atoms.